The summed E-state index contributed by atoms with van der Waals surface area (Å²) in [6, 6.07) is 2.66. The largest absolute Gasteiger partial charge is 0.369 e. The van der Waals surface area contributed by atoms with Gasteiger partial charge in [0.2, 0.25) is 5.91 Å². The van der Waals surface area contributed by atoms with Gasteiger partial charge in [-0.2, -0.15) is 0 Å². The predicted molar refractivity (Wildman–Crippen MR) is 103 cm³/mol. The number of rotatable bonds is 3. The first kappa shape index (κ1) is 19.2. The number of halogens is 2. The molecule has 0 spiro atoms. The Morgan fingerprint density at radius 3 is 2.12 bits per heavy atom. The number of nitro groups is 1. The van der Waals surface area contributed by atoms with Crippen LogP contribution in [0.2, 0.25) is 10.0 Å². The zero-order valence-electron chi connectivity index (χ0n) is 14.8. The number of likely N-dealkylation sites (tertiary alicyclic amines) is 1. The first-order chi connectivity index (χ1) is 12.4. The highest BCUT2D eigenvalue weighted by atomic mass is 35.5. The first-order valence-corrected chi connectivity index (χ1v) is 9.79. The summed E-state index contributed by atoms with van der Waals surface area (Å²) in [6.45, 7) is 5.29. The molecule has 0 bridgehead atoms. The third-order valence-corrected chi connectivity index (χ3v) is 6.04. The van der Waals surface area contributed by atoms with Gasteiger partial charge in [0, 0.05) is 44.2 Å². The molecule has 0 unspecified atom stereocenters. The molecule has 0 aromatic heterocycles. The van der Waals surface area contributed by atoms with Gasteiger partial charge in [0.1, 0.15) is 0 Å². The van der Waals surface area contributed by atoms with Gasteiger partial charge in [-0.3, -0.25) is 14.9 Å². The highest BCUT2D eigenvalue weighted by molar-refractivity contribution is 6.39. The van der Waals surface area contributed by atoms with Gasteiger partial charge in [-0.25, -0.2) is 0 Å². The molecule has 8 heteroatoms. The summed E-state index contributed by atoms with van der Waals surface area (Å²) in [5.41, 5.74) is 0.504. The summed E-state index contributed by atoms with van der Waals surface area (Å²) in [7, 11) is 0. The van der Waals surface area contributed by atoms with Crippen molar-refractivity contribution in [2.45, 2.75) is 32.6 Å². The molecule has 0 radical (unpaired) electrons. The molecule has 6 nitrogen and oxygen atoms in total. The second-order valence-electron chi connectivity index (χ2n) is 7.28. The number of amides is 1. The minimum Gasteiger partial charge on any atom is -0.369 e. The van der Waals surface area contributed by atoms with Crippen molar-refractivity contribution in [2.75, 3.05) is 31.1 Å². The lowest BCUT2D eigenvalue weighted by molar-refractivity contribution is -0.384. The highest BCUT2D eigenvalue weighted by Gasteiger charge is 2.31. The van der Waals surface area contributed by atoms with E-state index in [1.54, 1.807) is 0 Å². The number of piperidine rings is 2. The summed E-state index contributed by atoms with van der Waals surface area (Å²) in [5.74, 6) is 1.00. The molecular weight excluding hydrogens is 377 g/mol. The predicted octanol–water partition coefficient (Wildman–Crippen LogP) is 4.38. The van der Waals surface area contributed by atoms with E-state index in [0.717, 1.165) is 38.8 Å². The van der Waals surface area contributed by atoms with E-state index in [1.165, 1.54) is 12.1 Å². The lowest BCUT2D eigenvalue weighted by Gasteiger charge is -2.38. The second kappa shape index (κ2) is 8.01. The molecule has 1 aromatic rings. The van der Waals surface area contributed by atoms with Crippen molar-refractivity contribution in [2.24, 2.45) is 11.8 Å². The average molecular weight is 400 g/mol. The molecule has 1 amide bonds. The molecular formula is C18H23Cl2N3O3. The number of carbonyl (C=O) groups is 1. The van der Waals surface area contributed by atoms with Crippen molar-refractivity contribution in [1.29, 1.82) is 0 Å². The quantitative estimate of drug-likeness (QED) is 0.558. The van der Waals surface area contributed by atoms with E-state index in [2.05, 4.69) is 6.92 Å². The molecule has 2 saturated heterocycles. The van der Waals surface area contributed by atoms with Gasteiger partial charge in [-0.1, -0.05) is 30.1 Å². The standard InChI is InChI=1S/C18H23Cl2N3O3/c1-12-2-6-22(7-3-12)18(24)13-4-8-21(9-5-13)17-15(19)10-14(23(25)26)11-16(17)20/h10-13H,2-9H2,1H3. The van der Waals surface area contributed by atoms with Crippen molar-refractivity contribution in [1.82, 2.24) is 4.90 Å². The smallest absolute Gasteiger partial charge is 0.272 e. The summed E-state index contributed by atoms with van der Waals surface area (Å²) >= 11 is 12.5. The van der Waals surface area contributed by atoms with Gasteiger partial charge < -0.3 is 9.80 Å². The minimum absolute atomic E-state index is 0.0373. The third-order valence-electron chi connectivity index (χ3n) is 5.47. The van der Waals surface area contributed by atoms with E-state index in [-0.39, 0.29) is 27.6 Å². The number of carbonyl (C=O) groups excluding carboxylic acids is 1. The molecule has 0 atom stereocenters. The Morgan fingerprint density at radius 2 is 1.62 bits per heavy atom. The molecule has 2 fully saturated rings. The van der Waals surface area contributed by atoms with Crippen molar-refractivity contribution in [3.63, 3.8) is 0 Å². The fraction of sp³-hybridized carbons (Fsp3) is 0.611. The number of hydrogen-bond acceptors (Lipinski definition) is 4. The maximum atomic E-state index is 12.7. The number of anilines is 1. The van der Waals surface area contributed by atoms with Crippen LogP contribution in [0.4, 0.5) is 11.4 Å². The lowest BCUT2D eigenvalue weighted by Crippen LogP contribution is -2.45. The number of hydrogen-bond donors (Lipinski definition) is 0. The average Bonchev–Trinajstić information content (AvgIpc) is 2.61. The molecule has 0 aliphatic carbocycles. The molecule has 142 valence electrons. The second-order valence-corrected chi connectivity index (χ2v) is 8.10. The Hall–Kier alpha value is -1.53. The van der Waals surface area contributed by atoms with Gasteiger partial charge in [-0.05, 0) is 31.6 Å². The van der Waals surface area contributed by atoms with E-state index in [1.807, 2.05) is 9.80 Å². The Bertz CT molecular complexity index is 674. The lowest BCUT2D eigenvalue weighted by atomic mass is 9.92. The normalized spacial score (nSPS) is 19.7. The van der Waals surface area contributed by atoms with Crippen LogP contribution in [0, 0.1) is 22.0 Å². The van der Waals surface area contributed by atoms with Crippen molar-refractivity contribution in [3.8, 4) is 0 Å². The van der Waals surface area contributed by atoms with Gasteiger partial charge in [0.15, 0.2) is 0 Å². The number of benzene rings is 1. The Balaban J connectivity index is 1.64. The summed E-state index contributed by atoms with van der Waals surface area (Å²) < 4.78 is 0. The third kappa shape index (κ3) is 4.07. The molecule has 2 heterocycles. The van der Waals surface area contributed by atoms with Crippen LogP contribution in [-0.2, 0) is 4.79 Å². The molecule has 3 rings (SSSR count). The molecule has 26 heavy (non-hydrogen) atoms. The van der Waals surface area contributed by atoms with Crippen LogP contribution in [0.5, 0.6) is 0 Å². The van der Waals surface area contributed by atoms with Crippen molar-refractivity contribution in [3.05, 3.63) is 32.3 Å². The van der Waals surface area contributed by atoms with Gasteiger partial charge in [0.25, 0.3) is 5.69 Å². The van der Waals surface area contributed by atoms with Gasteiger partial charge in [-0.15, -0.1) is 0 Å². The fourth-order valence-electron chi connectivity index (χ4n) is 3.80. The Labute approximate surface area is 163 Å². The summed E-state index contributed by atoms with van der Waals surface area (Å²) in [4.78, 5) is 27.2. The molecule has 0 saturated carbocycles. The van der Waals surface area contributed by atoms with Crippen LogP contribution in [0.3, 0.4) is 0 Å². The maximum Gasteiger partial charge on any atom is 0.272 e. The monoisotopic (exact) mass is 399 g/mol. The first-order valence-electron chi connectivity index (χ1n) is 9.04. The van der Waals surface area contributed by atoms with Crippen LogP contribution >= 0.6 is 23.2 Å². The van der Waals surface area contributed by atoms with Crippen LogP contribution in [0.1, 0.15) is 32.6 Å². The topological polar surface area (TPSA) is 66.7 Å². The zero-order valence-corrected chi connectivity index (χ0v) is 16.3. The zero-order chi connectivity index (χ0) is 18.8. The Kier molecular flexibility index (Phi) is 5.92. The van der Waals surface area contributed by atoms with Crippen LogP contribution in [-0.4, -0.2) is 41.9 Å². The van der Waals surface area contributed by atoms with E-state index in [9.17, 15) is 14.9 Å². The van der Waals surface area contributed by atoms with Crippen molar-refractivity contribution < 1.29 is 9.72 Å². The molecule has 2 aliphatic rings. The summed E-state index contributed by atoms with van der Waals surface area (Å²) in [5, 5.41) is 11.5. The van der Waals surface area contributed by atoms with Crippen LogP contribution in [0.15, 0.2) is 12.1 Å². The fourth-order valence-corrected chi connectivity index (χ4v) is 4.51. The van der Waals surface area contributed by atoms with E-state index in [0.29, 0.717) is 24.7 Å². The minimum atomic E-state index is -0.508. The van der Waals surface area contributed by atoms with Crippen LogP contribution < -0.4 is 4.90 Å². The SMILES string of the molecule is CC1CCN(C(=O)C2CCN(c3c(Cl)cc([N+](=O)[O-])cc3Cl)CC2)CC1. The Morgan fingerprint density at radius 1 is 1.08 bits per heavy atom. The van der Waals surface area contributed by atoms with Gasteiger partial charge in [0.05, 0.1) is 20.7 Å². The molecule has 2 aliphatic heterocycles. The highest BCUT2D eigenvalue weighted by Crippen LogP contribution is 2.39. The molecule has 1 aromatic carbocycles. The van der Waals surface area contributed by atoms with Crippen molar-refractivity contribution >= 4 is 40.5 Å². The van der Waals surface area contributed by atoms with Crippen LogP contribution in [0.25, 0.3) is 0 Å². The number of non-ortho nitro benzene ring substituents is 1. The van der Waals surface area contributed by atoms with E-state index < -0.39 is 4.92 Å². The summed E-state index contributed by atoms with van der Waals surface area (Å²) in [6.07, 6.45) is 3.65. The molecule has 0 N–H and O–H groups in total. The number of nitrogens with zero attached hydrogens (tertiary/aromatic N) is 3. The van der Waals surface area contributed by atoms with E-state index >= 15 is 0 Å². The maximum absolute atomic E-state index is 12.7. The number of nitro benzene ring substituents is 1. The van der Waals surface area contributed by atoms with Gasteiger partial charge >= 0.3 is 0 Å². The van der Waals surface area contributed by atoms with E-state index in [4.69, 9.17) is 23.2 Å².